The second-order valence-electron chi connectivity index (χ2n) is 10.6. The molecule has 1 unspecified atom stereocenters. The van der Waals surface area contributed by atoms with Crippen LogP contribution in [0.5, 0.6) is 0 Å². The number of nitrogens with zero attached hydrogens (tertiary/aromatic N) is 2. The molecule has 0 fully saturated rings. The van der Waals surface area contributed by atoms with Crippen molar-refractivity contribution in [3.8, 4) is 0 Å². The number of aryl methyl sites for hydroxylation is 1. The van der Waals surface area contributed by atoms with Gasteiger partial charge in [0.2, 0.25) is 0 Å². The number of halogens is 1. The minimum absolute atomic E-state index is 0.392. The van der Waals surface area contributed by atoms with Crippen molar-refractivity contribution in [3.05, 3.63) is 60.2 Å². The van der Waals surface area contributed by atoms with Crippen molar-refractivity contribution in [2.75, 3.05) is 11.9 Å². The van der Waals surface area contributed by atoms with Gasteiger partial charge in [-0.3, -0.25) is 0 Å². The largest absolute Gasteiger partial charge is 0.378 e. The zero-order chi connectivity index (χ0) is 26.9. The minimum atomic E-state index is 0.392. The van der Waals surface area contributed by atoms with Crippen molar-refractivity contribution in [2.45, 2.75) is 129 Å². The van der Waals surface area contributed by atoms with Gasteiger partial charge in [0.25, 0.3) is 0 Å². The predicted octanol–water partition coefficient (Wildman–Crippen LogP) is 12.1. The number of alkyl halides is 1. The molecule has 2 rings (SSSR count). The highest BCUT2D eigenvalue weighted by atomic mass is 79.9. The lowest BCUT2D eigenvalue weighted by Crippen LogP contribution is -2.14. The summed E-state index contributed by atoms with van der Waals surface area (Å²) in [6.45, 7) is 3.21. The van der Waals surface area contributed by atoms with Crippen molar-refractivity contribution in [1.82, 2.24) is 0 Å². The van der Waals surface area contributed by atoms with E-state index in [1.165, 1.54) is 102 Å². The average molecular weight is 586 g/mol. The first-order valence-corrected chi connectivity index (χ1v) is 16.7. The summed E-state index contributed by atoms with van der Waals surface area (Å²) < 4.78 is 6.46. The normalized spacial score (nSPS) is 12.4. The first-order chi connectivity index (χ1) is 18.8. The Hall–Kier alpha value is -1.52. The highest BCUT2D eigenvalue weighted by molar-refractivity contribution is 9.09. The molecule has 2 aromatic carbocycles. The fraction of sp³-hybridized carbons (Fsp3) is 0.647. The molecule has 3 nitrogen and oxygen atoms in total. The maximum absolute atomic E-state index is 6.46. The Morgan fingerprint density at radius 2 is 1.24 bits per heavy atom. The summed E-state index contributed by atoms with van der Waals surface area (Å²) in [4.78, 5) is 0. The van der Waals surface area contributed by atoms with Gasteiger partial charge in [0.05, 0.1) is 17.5 Å². The van der Waals surface area contributed by atoms with Crippen LogP contribution in [0.3, 0.4) is 0 Å². The van der Waals surface area contributed by atoms with E-state index < -0.39 is 0 Å². The van der Waals surface area contributed by atoms with Crippen LogP contribution in [0.4, 0.5) is 11.4 Å². The zero-order valence-corrected chi connectivity index (χ0v) is 25.7. The van der Waals surface area contributed by atoms with E-state index in [0.29, 0.717) is 6.10 Å². The van der Waals surface area contributed by atoms with Crippen molar-refractivity contribution in [2.24, 2.45) is 10.2 Å². The number of hydrogen-bond donors (Lipinski definition) is 0. The first kappa shape index (κ1) is 32.7. The van der Waals surface area contributed by atoms with E-state index in [1.54, 1.807) is 0 Å². The van der Waals surface area contributed by atoms with Gasteiger partial charge in [-0.1, -0.05) is 136 Å². The molecule has 0 bridgehead atoms. The number of hydrogen-bond acceptors (Lipinski definition) is 3. The molecule has 0 amide bonds. The molecule has 38 heavy (non-hydrogen) atoms. The zero-order valence-electron chi connectivity index (χ0n) is 24.1. The highest BCUT2D eigenvalue weighted by Gasteiger charge is 2.10. The number of azo groups is 1. The lowest BCUT2D eigenvalue weighted by molar-refractivity contribution is 0.0362. The second-order valence-corrected chi connectivity index (χ2v) is 11.4. The Morgan fingerprint density at radius 3 is 1.97 bits per heavy atom. The smallest absolute Gasteiger partial charge is 0.0889 e. The lowest BCUT2D eigenvalue weighted by Gasteiger charge is -2.18. The van der Waals surface area contributed by atoms with Crippen LogP contribution in [0.2, 0.25) is 0 Å². The van der Waals surface area contributed by atoms with Crippen molar-refractivity contribution < 1.29 is 4.74 Å². The predicted molar refractivity (Wildman–Crippen MR) is 168 cm³/mol. The SMILES string of the molecule is CCCCCCCCC(CCCc1ccccc1N=Nc1ccccc1)OCCCCCCCCCCBr. The molecule has 2 aromatic rings. The maximum Gasteiger partial charge on any atom is 0.0889 e. The highest BCUT2D eigenvalue weighted by Crippen LogP contribution is 2.25. The van der Waals surface area contributed by atoms with Gasteiger partial charge < -0.3 is 4.74 Å². The molecule has 0 aliphatic rings. The molecule has 0 aliphatic heterocycles. The molecule has 4 heteroatoms. The molecule has 0 heterocycles. The molecular formula is C34H53BrN2O. The monoisotopic (exact) mass is 584 g/mol. The third-order valence-electron chi connectivity index (χ3n) is 7.25. The van der Waals surface area contributed by atoms with Gasteiger partial charge in [0.1, 0.15) is 0 Å². The van der Waals surface area contributed by atoms with Crippen LogP contribution in [0, 0.1) is 0 Å². The quantitative estimate of drug-likeness (QED) is 0.0685. The van der Waals surface area contributed by atoms with Crippen molar-refractivity contribution in [1.29, 1.82) is 0 Å². The number of unbranched alkanes of at least 4 members (excludes halogenated alkanes) is 12. The molecule has 212 valence electrons. The van der Waals surface area contributed by atoms with E-state index in [-0.39, 0.29) is 0 Å². The average Bonchev–Trinajstić information content (AvgIpc) is 2.95. The van der Waals surface area contributed by atoms with E-state index in [0.717, 1.165) is 42.6 Å². The van der Waals surface area contributed by atoms with Gasteiger partial charge in [-0.2, -0.15) is 10.2 Å². The van der Waals surface area contributed by atoms with Gasteiger partial charge in [0, 0.05) is 11.9 Å². The molecule has 0 aromatic heterocycles. The summed E-state index contributed by atoms with van der Waals surface area (Å²) in [5, 5.41) is 10.1. The third-order valence-corrected chi connectivity index (χ3v) is 7.82. The Bertz CT molecular complexity index is 826. The molecule has 0 aliphatic carbocycles. The van der Waals surface area contributed by atoms with Crippen molar-refractivity contribution >= 4 is 27.3 Å². The van der Waals surface area contributed by atoms with Crippen LogP contribution in [-0.4, -0.2) is 18.0 Å². The molecule has 0 radical (unpaired) electrons. The third kappa shape index (κ3) is 16.4. The first-order valence-electron chi connectivity index (χ1n) is 15.6. The summed E-state index contributed by atoms with van der Waals surface area (Å²) in [7, 11) is 0. The van der Waals surface area contributed by atoms with Gasteiger partial charge in [-0.15, -0.1) is 0 Å². The Balaban J connectivity index is 1.74. The Kier molecular flexibility index (Phi) is 20.1. The standard InChI is InChI=1S/C34H53BrN2O/c1-2-3-4-5-10-16-26-33(38-30-20-12-9-7-6-8-11-19-29-35)27-21-23-31-22-17-18-28-34(31)37-36-32-24-14-13-15-25-32/h13-15,17-18,22,24-25,28,33H,2-12,16,19-21,23,26-27,29-30H2,1H3. The van der Waals surface area contributed by atoms with E-state index in [9.17, 15) is 0 Å². The summed E-state index contributed by atoms with van der Waals surface area (Å²) in [6, 6.07) is 18.4. The molecule has 0 saturated carbocycles. The molecule has 0 saturated heterocycles. The van der Waals surface area contributed by atoms with Crippen LogP contribution >= 0.6 is 15.9 Å². The van der Waals surface area contributed by atoms with Crippen LogP contribution in [0.15, 0.2) is 64.8 Å². The van der Waals surface area contributed by atoms with Crippen LogP contribution in [0.25, 0.3) is 0 Å². The van der Waals surface area contributed by atoms with E-state index in [1.807, 2.05) is 30.3 Å². The summed E-state index contributed by atoms with van der Waals surface area (Å²) in [6.07, 6.45) is 23.7. The molecule has 0 N–H and O–H groups in total. The number of benzene rings is 2. The fourth-order valence-electron chi connectivity index (χ4n) is 4.92. The van der Waals surface area contributed by atoms with Gasteiger partial charge in [-0.05, 0) is 62.3 Å². The van der Waals surface area contributed by atoms with E-state index in [2.05, 4.69) is 57.3 Å². The van der Waals surface area contributed by atoms with Crippen molar-refractivity contribution in [3.63, 3.8) is 0 Å². The lowest BCUT2D eigenvalue weighted by atomic mass is 10.0. The van der Waals surface area contributed by atoms with Crippen LogP contribution in [-0.2, 0) is 11.2 Å². The van der Waals surface area contributed by atoms with Crippen LogP contribution < -0.4 is 0 Å². The molecular weight excluding hydrogens is 532 g/mol. The van der Waals surface area contributed by atoms with E-state index in [4.69, 9.17) is 4.74 Å². The topological polar surface area (TPSA) is 34.0 Å². The minimum Gasteiger partial charge on any atom is -0.378 e. The molecule has 0 spiro atoms. The number of rotatable bonds is 24. The summed E-state index contributed by atoms with van der Waals surface area (Å²) >= 11 is 3.52. The second kappa shape index (κ2) is 23.4. The summed E-state index contributed by atoms with van der Waals surface area (Å²) in [5.41, 5.74) is 3.16. The fourth-order valence-corrected chi connectivity index (χ4v) is 5.31. The summed E-state index contributed by atoms with van der Waals surface area (Å²) in [5.74, 6) is 0. The Labute approximate surface area is 242 Å². The molecule has 1 atom stereocenters. The van der Waals surface area contributed by atoms with Crippen LogP contribution in [0.1, 0.15) is 122 Å². The Morgan fingerprint density at radius 1 is 0.632 bits per heavy atom. The van der Waals surface area contributed by atoms with E-state index >= 15 is 0 Å². The van der Waals surface area contributed by atoms with Gasteiger partial charge in [0.15, 0.2) is 0 Å². The number of ether oxygens (including phenoxy) is 1. The van der Waals surface area contributed by atoms with Gasteiger partial charge in [-0.25, -0.2) is 0 Å². The van der Waals surface area contributed by atoms with Gasteiger partial charge >= 0.3 is 0 Å². The maximum atomic E-state index is 6.46.